The minimum Gasteiger partial charge on any atom is -0.466 e. The number of halogens is 1. The van der Waals surface area contributed by atoms with Crippen LogP contribution in [0.2, 0.25) is 5.02 Å². The van der Waals surface area contributed by atoms with Crippen molar-refractivity contribution < 1.29 is 23.9 Å². The molecule has 0 radical (unpaired) electrons. The Hall–Kier alpha value is -1.92. The van der Waals surface area contributed by atoms with Crippen LogP contribution in [0, 0.1) is 0 Å². The van der Waals surface area contributed by atoms with E-state index in [1.54, 1.807) is 31.2 Å². The number of rotatable bonds is 11. The third-order valence-electron chi connectivity index (χ3n) is 3.54. The molecule has 0 aliphatic rings. The molecule has 0 aliphatic carbocycles. The molecule has 0 saturated carbocycles. The number of benzene rings is 1. The van der Waals surface area contributed by atoms with Crippen LogP contribution in [-0.2, 0) is 19.1 Å². The summed E-state index contributed by atoms with van der Waals surface area (Å²) in [6, 6.07) is 6.55. The van der Waals surface area contributed by atoms with Gasteiger partial charge in [-0.2, -0.15) is 0 Å². The fraction of sp³-hybridized carbons (Fsp3) is 0.500. The number of methoxy groups -OCH3 is 1. The number of amides is 1. The van der Waals surface area contributed by atoms with E-state index in [0.717, 1.165) is 0 Å². The van der Waals surface area contributed by atoms with Crippen molar-refractivity contribution in [3.05, 3.63) is 34.9 Å². The van der Waals surface area contributed by atoms with Gasteiger partial charge in [-0.05, 0) is 31.2 Å². The van der Waals surface area contributed by atoms with E-state index in [-0.39, 0.29) is 43.5 Å². The molecule has 1 amide bonds. The van der Waals surface area contributed by atoms with Gasteiger partial charge in [0, 0.05) is 43.6 Å². The Balaban J connectivity index is 2.53. The molecule has 138 valence electrons. The van der Waals surface area contributed by atoms with E-state index in [0.29, 0.717) is 30.3 Å². The first-order chi connectivity index (χ1) is 12.0. The molecule has 0 heterocycles. The van der Waals surface area contributed by atoms with Crippen molar-refractivity contribution in [3.8, 4) is 0 Å². The van der Waals surface area contributed by atoms with Gasteiger partial charge in [0.05, 0.1) is 19.6 Å². The van der Waals surface area contributed by atoms with Crippen molar-refractivity contribution in [1.29, 1.82) is 0 Å². The fourth-order valence-corrected chi connectivity index (χ4v) is 2.31. The van der Waals surface area contributed by atoms with Gasteiger partial charge in [0.2, 0.25) is 5.91 Å². The molecule has 0 bridgehead atoms. The number of ether oxygens (including phenoxy) is 2. The number of ketones is 1. The van der Waals surface area contributed by atoms with Gasteiger partial charge in [-0.25, -0.2) is 0 Å². The molecule has 0 aromatic heterocycles. The highest BCUT2D eigenvalue weighted by Crippen LogP contribution is 2.12. The highest BCUT2D eigenvalue weighted by atomic mass is 35.5. The second-order valence-corrected chi connectivity index (χ2v) is 5.80. The lowest BCUT2D eigenvalue weighted by atomic mass is 10.1. The summed E-state index contributed by atoms with van der Waals surface area (Å²) in [4.78, 5) is 37.5. The summed E-state index contributed by atoms with van der Waals surface area (Å²) in [6.45, 7) is 3.01. The van der Waals surface area contributed by atoms with Crippen LogP contribution in [0.15, 0.2) is 24.3 Å². The summed E-state index contributed by atoms with van der Waals surface area (Å²) >= 11 is 5.79. The number of esters is 1. The minimum atomic E-state index is -0.352. The van der Waals surface area contributed by atoms with E-state index in [4.69, 9.17) is 21.1 Å². The van der Waals surface area contributed by atoms with E-state index in [1.165, 1.54) is 12.0 Å². The second kappa shape index (κ2) is 11.6. The molecule has 0 fully saturated rings. The summed E-state index contributed by atoms with van der Waals surface area (Å²) in [5, 5.41) is 0.553. The molecule has 0 aliphatic heterocycles. The minimum absolute atomic E-state index is 0.0774. The van der Waals surface area contributed by atoms with Gasteiger partial charge < -0.3 is 14.4 Å². The van der Waals surface area contributed by atoms with Crippen molar-refractivity contribution >= 4 is 29.3 Å². The van der Waals surface area contributed by atoms with Gasteiger partial charge >= 0.3 is 5.97 Å². The molecular formula is C18H24ClNO5. The van der Waals surface area contributed by atoms with E-state index in [9.17, 15) is 14.4 Å². The lowest BCUT2D eigenvalue weighted by Gasteiger charge is -2.22. The highest BCUT2D eigenvalue weighted by molar-refractivity contribution is 6.30. The van der Waals surface area contributed by atoms with Crippen molar-refractivity contribution in [2.24, 2.45) is 0 Å². The normalized spacial score (nSPS) is 10.4. The average Bonchev–Trinajstić information content (AvgIpc) is 2.60. The molecule has 0 N–H and O–H groups in total. The zero-order valence-corrected chi connectivity index (χ0v) is 15.4. The van der Waals surface area contributed by atoms with Crippen molar-refractivity contribution in [1.82, 2.24) is 4.90 Å². The molecule has 7 heteroatoms. The van der Waals surface area contributed by atoms with Gasteiger partial charge in [-0.1, -0.05) is 11.6 Å². The van der Waals surface area contributed by atoms with Gasteiger partial charge in [0.25, 0.3) is 0 Å². The first-order valence-electron chi connectivity index (χ1n) is 8.19. The highest BCUT2D eigenvalue weighted by Gasteiger charge is 2.17. The van der Waals surface area contributed by atoms with Crippen LogP contribution in [0.3, 0.4) is 0 Å². The maximum absolute atomic E-state index is 12.4. The van der Waals surface area contributed by atoms with Gasteiger partial charge in [0.1, 0.15) is 0 Å². The van der Waals surface area contributed by atoms with E-state index in [2.05, 4.69) is 0 Å². The predicted molar refractivity (Wildman–Crippen MR) is 94.7 cm³/mol. The maximum atomic E-state index is 12.4. The number of Topliss-reactive ketones (excluding diaryl/α,β-unsaturated/α-hetero) is 1. The smallest absolute Gasteiger partial charge is 0.307 e. The van der Waals surface area contributed by atoms with Crippen LogP contribution in [-0.4, -0.2) is 56.0 Å². The number of nitrogens with zero attached hydrogens (tertiary/aromatic N) is 1. The van der Waals surface area contributed by atoms with Crippen LogP contribution in [0.5, 0.6) is 0 Å². The summed E-state index contributed by atoms with van der Waals surface area (Å²) in [6.07, 6.45) is 0.297. The van der Waals surface area contributed by atoms with E-state index in [1.807, 2.05) is 0 Å². The van der Waals surface area contributed by atoms with E-state index < -0.39 is 0 Å². The monoisotopic (exact) mass is 369 g/mol. The molecule has 25 heavy (non-hydrogen) atoms. The number of hydrogen-bond acceptors (Lipinski definition) is 5. The van der Waals surface area contributed by atoms with Gasteiger partial charge in [-0.3, -0.25) is 14.4 Å². The maximum Gasteiger partial charge on any atom is 0.307 e. The quantitative estimate of drug-likeness (QED) is 0.443. The Labute approximate surface area is 153 Å². The van der Waals surface area contributed by atoms with Gasteiger partial charge in [-0.15, -0.1) is 0 Å². The Morgan fingerprint density at radius 1 is 1.04 bits per heavy atom. The van der Waals surface area contributed by atoms with E-state index >= 15 is 0 Å². The molecule has 0 saturated heterocycles. The number of carbonyl (C=O) groups excluding carboxylic acids is 3. The van der Waals surface area contributed by atoms with Crippen molar-refractivity contribution in [3.63, 3.8) is 0 Å². The van der Waals surface area contributed by atoms with Gasteiger partial charge in [0.15, 0.2) is 5.78 Å². The van der Waals surface area contributed by atoms with Crippen LogP contribution in [0.4, 0.5) is 0 Å². The molecule has 1 aromatic carbocycles. The first-order valence-corrected chi connectivity index (χ1v) is 8.56. The predicted octanol–water partition coefficient (Wildman–Crippen LogP) is 2.73. The molecular weight excluding hydrogens is 346 g/mol. The molecule has 0 atom stereocenters. The SMILES string of the molecule is CCOC(=O)CCN(CCOC)C(=O)CCC(=O)c1ccc(Cl)cc1. The first kappa shape index (κ1) is 21.1. The Kier molecular flexibility index (Phi) is 9.80. The summed E-state index contributed by atoms with van der Waals surface area (Å²) < 4.78 is 9.86. The molecule has 6 nitrogen and oxygen atoms in total. The standard InChI is InChI=1S/C18H24ClNO5/c1-3-25-18(23)10-11-20(12-13-24-2)17(22)9-8-16(21)14-4-6-15(19)7-5-14/h4-7H,3,8-13H2,1-2H3. The lowest BCUT2D eigenvalue weighted by molar-refractivity contribution is -0.144. The summed E-state index contributed by atoms with van der Waals surface area (Å²) in [5.74, 6) is -0.666. The summed E-state index contributed by atoms with van der Waals surface area (Å²) in [7, 11) is 1.54. The van der Waals surface area contributed by atoms with Crippen molar-refractivity contribution in [2.75, 3.05) is 33.4 Å². The molecule has 0 unspecified atom stereocenters. The number of carbonyl (C=O) groups is 3. The zero-order chi connectivity index (χ0) is 18.7. The van der Waals surface area contributed by atoms with Crippen LogP contribution in [0.25, 0.3) is 0 Å². The summed E-state index contributed by atoms with van der Waals surface area (Å²) in [5.41, 5.74) is 0.521. The average molecular weight is 370 g/mol. The van der Waals surface area contributed by atoms with Crippen molar-refractivity contribution in [2.45, 2.75) is 26.2 Å². The molecule has 1 aromatic rings. The van der Waals surface area contributed by atoms with Crippen LogP contribution >= 0.6 is 11.6 Å². The number of hydrogen-bond donors (Lipinski definition) is 0. The Bertz CT molecular complexity index is 573. The third kappa shape index (κ3) is 8.14. The topological polar surface area (TPSA) is 72.9 Å². The van der Waals surface area contributed by atoms with Crippen LogP contribution in [0.1, 0.15) is 36.5 Å². The largest absolute Gasteiger partial charge is 0.466 e. The van der Waals surface area contributed by atoms with Crippen LogP contribution < -0.4 is 0 Å². The zero-order valence-electron chi connectivity index (χ0n) is 14.6. The molecule has 0 spiro atoms. The molecule has 1 rings (SSSR count). The fourth-order valence-electron chi connectivity index (χ4n) is 2.18. The Morgan fingerprint density at radius 3 is 2.32 bits per heavy atom. The second-order valence-electron chi connectivity index (χ2n) is 5.36. The lowest BCUT2D eigenvalue weighted by Crippen LogP contribution is -2.36. The third-order valence-corrected chi connectivity index (χ3v) is 3.79. The Morgan fingerprint density at radius 2 is 1.72 bits per heavy atom.